The van der Waals surface area contributed by atoms with Crippen LogP contribution in [0.3, 0.4) is 0 Å². The lowest BCUT2D eigenvalue weighted by atomic mass is 9.95. The number of rotatable bonds is 6. The van der Waals surface area contributed by atoms with Gasteiger partial charge in [-0.3, -0.25) is 14.5 Å². The van der Waals surface area contributed by atoms with Crippen LogP contribution in [0.2, 0.25) is 0 Å². The molecular formula is C26H25FNO6S2-. The van der Waals surface area contributed by atoms with Crippen molar-refractivity contribution < 1.29 is 31.7 Å². The third-order valence-corrected chi connectivity index (χ3v) is 7.93. The maximum absolute atomic E-state index is 14.4. The lowest BCUT2D eigenvalue weighted by Gasteiger charge is -2.34. The van der Waals surface area contributed by atoms with Gasteiger partial charge in [0.15, 0.2) is 10.8 Å². The number of Topliss-reactive ketones (excluding diaryl/α,β-unsaturated/α-hetero) is 1. The van der Waals surface area contributed by atoms with Gasteiger partial charge in [0.05, 0.1) is 10.9 Å². The van der Waals surface area contributed by atoms with Gasteiger partial charge in [-0.05, 0) is 49.1 Å². The number of thiophene rings is 1. The highest BCUT2D eigenvalue weighted by molar-refractivity contribution is 7.85. The lowest BCUT2D eigenvalue weighted by molar-refractivity contribution is -0.131. The van der Waals surface area contributed by atoms with Gasteiger partial charge in [-0.15, -0.1) is 11.3 Å². The van der Waals surface area contributed by atoms with Gasteiger partial charge in [-0.1, -0.05) is 36.4 Å². The first-order chi connectivity index (χ1) is 17.1. The number of nitrogens with zero attached hydrogens (tertiary/aromatic N) is 1. The predicted octanol–water partition coefficient (Wildman–Crippen LogP) is 4.48. The molecule has 0 bridgehead atoms. The number of benzene rings is 2. The van der Waals surface area contributed by atoms with E-state index in [2.05, 4.69) is 4.90 Å². The second-order valence-electron chi connectivity index (χ2n) is 8.70. The van der Waals surface area contributed by atoms with Crippen molar-refractivity contribution in [1.82, 2.24) is 4.90 Å². The zero-order valence-electron chi connectivity index (χ0n) is 19.6. The van der Waals surface area contributed by atoms with Gasteiger partial charge < -0.3 is 9.29 Å². The van der Waals surface area contributed by atoms with Crippen molar-refractivity contribution in [2.24, 2.45) is 5.92 Å². The van der Waals surface area contributed by atoms with Crippen LogP contribution in [0.1, 0.15) is 41.8 Å². The van der Waals surface area contributed by atoms with Gasteiger partial charge in [0.2, 0.25) is 0 Å². The van der Waals surface area contributed by atoms with E-state index in [1.165, 1.54) is 53.5 Å². The molecule has 1 unspecified atom stereocenters. The Morgan fingerprint density at radius 3 is 2.36 bits per heavy atom. The molecule has 0 radical (unpaired) electrons. The number of ketones is 1. The standard InChI is InChI=1S/C20H20FNO3S.C6H6O3S/c1-12(23)25-18-10-14-11-22(9-8-17(14)26-18)19(20(24)13-6-7-13)15-4-2-3-5-16(15)21;7-10(8,9)6-4-2-1-3-5-6/h2-5,10,13,19H,6-9,11H2,1H3;1-5H,(H,7,8,9)/p-1. The molecule has 5 rings (SSSR count). The highest BCUT2D eigenvalue weighted by Gasteiger charge is 2.40. The molecule has 1 aliphatic carbocycles. The average molecular weight is 531 g/mol. The quantitative estimate of drug-likeness (QED) is 0.342. The Kier molecular flexibility index (Phi) is 7.99. The third-order valence-electron chi connectivity index (χ3n) is 5.96. The third kappa shape index (κ3) is 6.44. The molecule has 2 aliphatic rings. The van der Waals surface area contributed by atoms with Crippen LogP contribution in [0, 0.1) is 11.7 Å². The molecule has 36 heavy (non-hydrogen) atoms. The van der Waals surface area contributed by atoms with Crippen molar-refractivity contribution in [2.75, 3.05) is 6.54 Å². The van der Waals surface area contributed by atoms with E-state index in [0.717, 1.165) is 24.8 Å². The van der Waals surface area contributed by atoms with Gasteiger partial charge in [0, 0.05) is 36.4 Å². The molecule has 0 N–H and O–H groups in total. The Bertz CT molecular complexity index is 1350. The average Bonchev–Trinajstić information content (AvgIpc) is 3.61. The van der Waals surface area contributed by atoms with E-state index in [9.17, 15) is 27.0 Å². The van der Waals surface area contributed by atoms with Crippen LogP contribution < -0.4 is 4.74 Å². The smallest absolute Gasteiger partial charge is 0.308 e. The summed E-state index contributed by atoms with van der Waals surface area (Å²) in [6.07, 6.45) is 2.57. The fourth-order valence-electron chi connectivity index (χ4n) is 4.14. The molecule has 3 aromatic rings. The molecule has 10 heteroatoms. The van der Waals surface area contributed by atoms with Gasteiger partial charge >= 0.3 is 5.97 Å². The molecule has 7 nitrogen and oxygen atoms in total. The molecule has 1 aromatic heterocycles. The minimum absolute atomic E-state index is 0.0556. The Balaban J connectivity index is 0.000000256. The molecule has 0 saturated heterocycles. The number of ether oxygens (including phenoxy) is 1. The monoisotopic (exact) mass is 530 g/mol. The van der Waals surface area contributed by atoms with Crippen molar-refractivity contribution in [3.63, 3.8) is 0 Å². The van der Waals surface area contributed by atoms with E-state index in [1.807, 2.05) is 6.07 Å². The van der Waals surface area contributed by atoms with Crippen molar-refractivity contribution in [3.05, 3.63) is 82.5 Å². The summed E-state index contributed by atoms with van der Waals surface area (Å²) in [5, 5.41) is 0.584. The molecule has 0 amide bonds. The summed E-state index contributed by atoms with van der Waals surface area (Å²) >= 11 is 1.47. The Hall–Kier alpha value is -2.92. The Labute approximate surface area is 213 Å². The van der Waals surface area contributed by atoms with Crippen LogP contribution in [0.4, 0.5) is 4.39 Å². The van der Waals surface area contributed by atoms with Crippen LogP contribution in [-0.2, 0) is 32.7 Å². The lowest BCUT2D eigenvalue weighted by Crippen LogP contribution is -2.38. The molecule has 0 spiro atoms. The van der Waals surface area contributed by atoms with E-state index in [1.54, 1.807) is 24.3 Å². The Morgan fingerprint density at radius 1 is 1.11 bits per heavy atom. The van der Waals surface area contributed by atoms with Crippen LogP contribution in [0.5, 0.6) is 5.06 Å². The number of esters is 1. The van der Waals surface area contributed by atoms with Crippen LogP contribution in [0.25, 0.3) is 0 Å². The number of hydrogen-bond donors (Lipinski definition) is 0. The number of hydrogen-bond acceptors (Lipinski definition) is 8. The largest absolute Gasteiger partial charge is 0.744 e. The van der Waals surface area contributed by atoms with Crippen molar-refractivity contribution in [2.45, 2.75) is 43.7 Å². The van der Waals surface area contributed by atoms with Crippen LogP contribution in [-0.4, -0.2) is 36.2 Å². The minimum Gasteiger partial charge on any atom is -0.744 e. The summed E-state index contributed by atoms with van der Waals surface area (Å²) in [5.41, 5.74) is 1.52. The summed E-state index contributed by atoms with van der Waals surface area (Å²) in [5.74, 6) is -0.495. The predicted molar refractivity (Wildman–Crippen MR) is 131 cm³/mol. The summed E-state index contributed by atoms with van der Waals surface area (Å²) in [6.45, 7) is 2.63. The number of carbonyl (C=O) groups is 2. The summed E-state index contributed by atoms with van der Waals surface area (Å²) in [6, 6.07) is 15.1. The zero-order chi connectivity index (χ0) is 25.9. The van der Waals surface area contributed by atoms with E-state index in [0.29, 0.717) is 23.7 Å². The van der Waals surface area contributed by atoms with E-state index in [4.69, 9.17) is 4.74 Å². The normalized spacial score (nSPS) is 16.3. The summed E-state index contributed by atoms with van der Waals surface area (Å²) < 4.78 is 50.5. The second kappa shape index (κ2) is 11.0. The molecular weight excluding hydrogens is 505 g/mol. The van der Waals surface area contributed by atoms with Crippen molar-refractivity contribution >= 4 is 33.2 Å². The molecule has 1 saturated carbocycles. The minimum atomic E-state index is -4.25. The molecule has 1 atom stereocenters. The highest BCUT2D eigenvalue weighted by Crippen LogP contribution is 2.41. The molecule has 2 aromatic carbocycles. The maximum Gasteiger partial charge on any atom is 0.308 e. The first kappa shape index (κ1) is 26.2. The van der Waals surface area contributed by atoms with Crippen LogP contribution >= 0.6 is 11.3 Å². The molecule has 1 aliphatic heterocycles. The zero-order valence-corrected chi connectivity index (χ0v) is 21.2. The first-order valence-electron chi connectivity index (χ1n) is 11.5. The van der Waals surface area contributed by atoms with Gasteiger partial charge in [-0.25, -0.2) is 12.8 Å². The van der Waals surface area contributed by atoms with Crippen LogP contribution in [0.15, 0.2) is 65.6 Å². The van der Waals surface area contributed by atoms with Crippen molar-refractivity contribution in [1.29, 1.82) is 0 Å². The topological polar surface area (TPSA) is 104 Å². The maximum atomic E-state index is 14.4. The molecule has 1 fully saturated rings. The summed E-state index contributed by atoms with van der Waals surface area (Å²) in [4.78, 5) is 27.2. The van der Waals surface area contributed by atoms with Gasteiger partial charge in [0.25, 0.3) is 0 Å². The number of carbonyl (C=O) groups excluding carboxylic acids is 2. The van der Waals surface area contributed by atoms with Crippen molar-refractivity contribution in [3.8, 4) is 5.06 Å². The van der Waals surface area contributed by atoms with E-state index < -0.39 is 16.2 Å². The van der Waals surface area contributed by atoms with E-state index >= 15 is 0 Å². The molecule has 190 valence electrons. The van der Waals surface area contributed by atoms with Gasteiger partial charge in [-0.2, -0.15) is 0 Å². The second-order valence-corrected chi connectivity index (χ2v) is 11.2. The SMILES string of the molecule is CC(=O)Oc1cc2c(s1)CCN(C(C(=O)C1CC1)c1ccccc1F)C2.O=S(=O)([O-])c1ccccc1. The van der Waals surface area contributed by atoms with Gasteiger partial charge in [0.1, 0.15) is 15.9 Å². The number of fused-ring (bicyclic) bond motifs is 1. The number of halogens is 1. The summed E-state index contributed by atoms with van der Waals surface area (Å²) in [7, 11) is -4.25. The highest BCUT2D eigenvalue weighted by atomic mass is 32.2. The fraction of sp³-hybridized carbons (Fsp3) is 0.308. The first-order valence-corrected chi connectivity index (χ1v) is 13.7. The molecule has 2 heterocycles. The Morgan fingerprint density at radius 2 is 1.78 bits per heavy atom. The fourth-order valence-corrected chi connectivity index (χ4v) is 5.69. The van der Waals surface area contributed by atoms with E-state index in [-0.39, 0.29) is 28.4 Å².